The van der Waals surface area contributed by atoms with Crippen LogP contribution in [0.1, 0.15) is 76.6 Å². The number of urea groups is 2. The van der Waals surface area contributed by atoms with Crippen LogP contribution < -0.4 is 21.3 Å². The second-order valence-corrected chi connectivity index (χ2v) is 18.5. The van der Waals surface area contributed by atoms with Crippen molar-refractivity contribution in [2.24, 2.45) is 14.1 Å². The number of halogens is 2. The van der Waals surface area contributed by atoms with Gasteiger partial charge in [0.05, 0.1) is 36.5 Å². The van der Waals surface area contributed by atoms with Crippen molar-refractivity contribution in [3.05, 3.63) is 119 Å². The topological polar surface area (TPSA) is 257 Å². The molecule has 416 valence electrons. The first kappa shape index (κ1) is 58.1. The summed E-state index contributed by atoms with van der Waals surface area (Å²) in [6.45, 7) is 14.9. The molecule has 6 aromatic rings. The van der Waals surface area contributed by atoms with Crippen molar-refractivity contribution in [3.8, 4) is 22.8 Å². The summed E-state index contributed by atoms with van der Waals surface area (Å²) in [5, 5.41) is 77.2. The molecule has 8 atom stereocenters. The van der Waals surface area contributed by atoms with Crippen LogP contribution in [-0.4, -0.2) is 157 Å². The van der Waals surface area contributed by atoms with Crippen LogP contribution in [-0.2, 0) is 33.4 Å². The Morgan fingerprint density at radius 3 is 1.43 bits per heavy atom. The van der Waals surface area contributed by atoms with Gasteiger partial charge in [0, 0.05) is 73.2 Å². The van der Waals surface area contributed by atoms with Gasteiger partial charge in [-0.25, -0.2) is 27.7 Å². The minimum atomic E-state index is -0.872. The van der Waals surface area contributed by atoms with E-state index >= 15 is 0 Å². The maximum Gasteiger partial charge on any atom is 0.319 e. The quantitative estimate of drug-likeness (QED) is 0.0324. The molecular weight excluding hydrogens is 955 g/mol. The molecule has 6 rings (SSSR count). The Kier molecular flexibility index (Phi) is 22.0. The largest absolute Gasteiger partial charge is 0.391 e. The molecule has 0 saturated carbocycles. The van der Waals surface area contributed by atoms with Crippen molar-refractivity contribution < 1.29 is 50.2 Å². The summed E-state index contributed by atoms with van der Waals surface area (Å²) in [4.78, 5) is 29.2. The van der Waals surface area contributed by atoms with E-state index < -0.39 is 48.6 Å². The van der Waals surface area contributed by atoms with E-state index in [4.69, 9.17) is 0 Å². The molecule has 0 aliphatic carbocycles. The van der Waals surface area contributed by atoms with E-state index in [1.807, 2.05) is 62.6 Å². The van der Waals surface area contributed by atoms with Crippen LogP contribution in [0.3, 0.4) is 0 Å². The number of carbonyl (C=O) groups excluding carboxylic acids is 2. The van der Waals surface area contributed by atoms with Gasteiger partial charge in [-0.15, -0.1) is 10.2 Å². The Bertz CT molecular complexity index is 2710. The fraction of sp³-hybridized carbons (Fsp3) is 0.462. The highest BCUT2D eigenvalue weighted by Gasteiger charge is 2.28. The minimum Gasteiger partial charge on any atom is -0.391 e. The first-order valence-electron chi connectivity index (χ1n) is 24.8. The number of hydrogen-bond donors (Lipinski definition) is 8. The fourth-order valence-corrected chi connectivity index (χ4v) is 8.24. The van der Waals surface area contributed by atoms with E-state index in [9.17, 15) is 38.8 Å². The zero-order chi connectivity index (χ0) is 54.1. The molecule has 2 heterocycles. The molecule has 74 heavy (non-hydrogen) atoms. The molecule has 22 heteroatoms. The van der Waals surface area contributed by atoms with Gasteiger partial charge >= 0.3 is 12.1 Å². The molecule has 0 bridgehead atoms. The zero-order valence-electron chi connectivity index (χ0n) is 43.6. The van der Waals surface area contributed by atoms with E-state index in [-0.39, 0.29) is 48.2 Å². The number of likely N-dealkylation sites (N-methyl/N-ethyl adjacent to an activating group) is 2. The molecule has 0 radical (unpaired) electrons. The minimum absolute atomic E-state index is 0. The Morgan fingerprint density at radius 2 is 1.01 bits per heavy atom. The van der Waals surface area contributed by atoms with Crippen LogP contribution in [0.15, 0.2) is 91.0 Å². The van der Waals surface area contributed by atoms with Gasteiger partial charge in [0.2, 0.25) is 0 Å². The lowest BCUT2D eigenvalue weighted by Gasteiger charge is -2.34. The molecule has 2 aromatic heterocycles. The van der Waals surface area contributed by atoms with E-state index in [0.29, 0.717) is 49.0 Å². The second kappa shape index (κ2) is 28.0. The Hall–Kier alpha value is -6.82. The highest BCUT2D eigenvalue weighted by molar-refractivity contribution is 5.91. The van der Waals surface area contributed by atoms with Gasteiger partial charge in [0.15, 0.2) is 11.6 Å². The fourth-order valence-electron chi connectivity index (χ4n) is 8.24. The third-order valence-corrected chi connectivity index (χ3v) is 13.0. The molecule has 0 unspecified atom stereocenters. The molecule has 4 amide bonds. The molecule has 0 spiro atoms. The number of aromatic nitrogens is 8. The Balaban J connectivity index is -0.000000677. The number of carbonyl (C=O) groups is 2. The number of rotatable bonds is 23. The van der Waals surface area contributed by atoms with Gasteiger partial charge in [-0.3, -0.25) is 9.80 Å². The van der Waals surface area contributed by atoms with Crippen LogP contribution in [0.4, 0.5) is 29.7 Å². The molecular formula is C52H88F2N14O6. The van der Waals surface area contributed by atoms with Crippen molar-refractivity contribution in [1.29, 1.82) is 0 Å². The number of aliphatic hydroxyl groups is 4. The van der Waals surface area contributed by atoms with E-state index in [0.717, 1.165) is 34.2 Å². The first-order valence-corrected chi connectivity index (χ1v) is 24.8. The Labute approximate surface area is 443 Å². The van der Waals surface area contributed by atoms with Crippen molar-refractivity contribution in [3.63, 3.8) is 0 Å². The van der Waals surface area contributed by atoms with E-state index in [2.05, 4.69) is 52.3 Å². The van der Waals surface area contributed by atoms with Crippen molar-refractivity contribution >= 4 is 23.4 Å². The average molecular weight is 1040 g/mol. The van der Waals surface area contributed by atoms with Crippen LogP contribution in [0.2, 0.25) is 0 Å². The summed E-state index contributed by atoms with van der Waals surface area (Å²) in [5.74, 6) is 0.517. The molecule has 0 aliphatic heterocycles. The van der Waals surface area contributed by atoms with Gasteiger partial charge in [-0.2, -0.15) is 0 Å². The van der Waals surface area contributed by atoms with E-state index in [1.165, 1.54) is 28.9 Å². The van der Waals surface area contributed by atoms with Crippen molar-refractivity contribution in [1.82, 2.24) is 60.8 Å². The van der Waals surface area contributed by atoms with Crippen LogP contribution >= 0.6 is 0 Å². The number of amides is 4. The third-order valence-electron chi connectivity index (χ3n) is 13.0. The summed E-state index contributed by atoms with van der Waals surface area (Å²) >= 11 is 0. The Morgan fingerprint density at radius 1 is 0.581 bits per heavy atom. The molecule has 0 aliphatic rings. The average Bonchev–Trinajstić information content (AvgIpc) is 4.02. The number of hydrogen-bond acceptors (Lipinski definition) is 14. The van der Waals surface area contributed by atoms with Gasteiger partial charge < -0.3 is 41.7 Å². The van der Waals surface area contributed by atoms with Crippen LogP contribution in [0, 0.1) is 11.6 Å². The number of nitrogens with one attached hydrogen (secondary N) is 4. The number of tetrazole rings is 2. The van der Waals surface area contributed by atoms with Gasteiger partial charge in [-0.1, -0.05) is 57.2 Å². The summed E-state index contributed by atoms with van der Waals surface area (Å²) in [6, 6.07) is 22.4. The SMILES string of the molecule is CCN(C[C@H](O)[C@@H](C)NC(=O)Nc1cccc(-c2nnnn2C)c1)[C@@H](C)[C@H](O)Cc1ccc(F)cc1.CCc1cc(NC(=O)N[C@H](C)[C@@H](O)CN(CC)[C@@H](C)[C@H](O)Cc2ccc(F)cc2)cc(-c2nnnn2C)c1.[HH].[HH].[HH].[HH].[HH].[HH].[HH].[HH]. The number of aliphatic hydroxyl groups excluding tert-OH is 4. The summed E-state index contributed by atoms with van der Waals surface area (Å²) in [5.41, 5.74) is 5.36. The van der Waals surface area contributed by atoms with Gasteiger partial charge in [0.1, 0.15) is 11.6 Å². The lowest BCUT2D eigenvalue weighted by atomic mass is 10.0. The van der Waals surface area contributed by atoms with Crippen molar-refractivity contribution in [2.75, 3.05) is 36.8 Å². The lowest BCUT2D eigenvalue weighted by Crippen LogP contribution is -2.51. The van der Waals surface area contributed by atoms with Crippen molar-refractivity contribution in [2.45, 2.75) is 116 Å². The number of aryl methyl sites for hydroxylation is 3. The maximum atomic E-state index is 13.2. The highest BCUT2D eigenvalue weighted by atomic mass is 19.1. The smallest absolute Gasteiger partial charge is 0.319 e. The summed E-state index contributed by atoms with van der Waals surface area (Å²) in [6.07, 6.45) is -1.64. The molecule has 0 saturated heterocycles. The highest BCUT2D eigenvalue weighted by Crippen LogP contribution is 2.24. The predicted octanol–water partition coefficient (Wildman–Crippen LogP) is 6.93. The van der Waals surface area contributed by atoms with Gasteiger partial charge in [0.25, 0.3) is 0 Å². The second-order valence-electron chi connectivity index (χ2n) is 18.5. The van der Waals surface area contributed by atoms with E-state index in [1.54, 1.807) is 81.2 Å². The zero-order valence-corrected chi connectivity index (χ0v) is 43.6. The van der Waals surface area contributed by atoms with Crippen LogP contribution in [0.5, 0.6) is 0 Å². The molecule has 4 aromatic carbocycles. The summed E-state index contributed by atoms with van der Waals surface area (Å²) in [7, 11) is 3.48. The predicted molar refractivity (Wildman–Crippen MR) is 296 cm³/mol. The number of benzene rings is 4. The molecule has 8 N–H and O–H groups in total. The monoisotopic (exact) mass is 1040 g/mol. The normalized spacial score (nSPS) is 14.7. The summed E-state index contributed by atoms with van der Waals surface area (Å²) < 4.78 is 29.4. The first-order chi connectivity index (χ1) is 35.3. The maximum absolute atomic E-state index is 13.2. The lowest BCUT2D eigenvalue weighted by molar-refractivity contribution is 0.0227. The van der Waals surface area contributed by atoms with Gasteiger partial charge in [-0.05, 0) is 152 Å². The number of anilines is 2. The third kappa shape index (κ3) is 17.1. The van der Waals surface area contributed by atoms with Crippen LogP contribution in [0.25, 0.3) is 22.8 Å². The number of nitrogens with zero attached hydrogens (tertiary/aromatic N) is 10. The molecule has 0 fully saturated rings. The standard InChI is InChI=1S/C27H38FN7O3.C25H34FN7O3.8H2/c1-6-19-12-21(26-31-32-33-34(26)5)15-23(13-19)30-27(38)29-17(3)25(37)16-35(7-2)18(4)24(36)14-20-8-10-22(28)11-9-20;1-5-33(17(3)22(34)13-18-9-11-20(26)12-10-18)15-23(35)16(2)27-25(36)28-21-8-6-7-19(14-21)24-29-30-31-32(24)4;;;;;;;;/h8-13,15,17-18,24-25,36-37H,6-7,14,16H2,1-5H3,(H2,29,30,38);6-12,14,16-17,22-23,34-35H,5,13,15H2,1-4H3,(H2,27,28,36);8*1H/t17-,18+,24-,25+;16-,17+,22-,23+;;;;;;;;/m11......../s1. The molecule has 20 nitrogen and oxygen atoms in total.